The molecule has 1 aliphatic carbocycles. The molecule has 0 radical (unpaired) electrons. The van der Waals surface area contributed by atoms with E-state index in [1.54, 1.807) is 4.90 Å². The number of carbonyl (C=O) groups is 3. The molecule has 2 unspecified atom stereocenters. The quantitative estimate of drug-likeness (QED) is 0.568. The van der Waals surface area contributed by atoms with Gasteiger partial charge in [-0.1, -0.05) is 68.8 Å². The molecule has 2 aromatic rings. The van der Waals surface area contributed by atoms with Gasteiger partial charge in [0.2, 0.25) is 5.91 Å². The van der Waals surface area contributed by atoms with Crippen LogP contribution in [0.1, 0.15) is 63.0 Å². The van der Waals surface area contributed by atoms with Crippen molar-refractivity contribution in [1.82, 2.24) is 10.2 Å². The van der Waals surface area contributed by atoms with E-state index >= 15 is 0 Å². The van der Waals surface area contributed by atoms with Crippen molar-refractivity contribution in [2.45, 2.75) is 64.0 Å². The number of alkyl carbamates (subject to hydrolysis) is 1. The van der Waals surface area contributed by atoms with E-state index in [2.05, 4.69) is 29.6 Å². The van der Waals surface area contributed by atoms with Crippen molar-refractivity contribution in [3.05, 3.63) is 59.7 Å². The van der Waals surface area contributed by atoms with E-state index in [0.717, 1.165) is 35.1 Å². The van der Waals surface area contributed by atoms with Crippen LogP contribution in [0.5, 0.6) is 0 Å². The number of likely N-dealkylation sites (tertiary alicyclic amines) is 1. The van der Waals surface area contributed by atoms with Crippen molar-refractivity contribution in [3.8, 4) is 11.1 Å². The van der Waals surface area contributed by atoms with E-state index in [4.69, 9.17) is 4.74 Å². The van der Waals surface area contributed by atoms with Gasteiger partial charge in [0.05, 0.1) is 6.42 Å². The first kappa shape index (κ1) is 24.8. The van der Waals surface area contributed by atoms with Crippen molar-refractivity contribution in [2.75, 3.05) is 13.2 Å². The van der Waals surface area contributed by atoms with E-state index in [0.29, 0.717) is 19.4 Å². The van der Waals surface area contributed by atoms with Gasteiger partial charge >= 0.3 is 12.1 Å². The molecule has 186 valence electrons. The van der Waals surface area contributed by atoms with Crippen LogP contribution in [0.4, 0.5) is 4.79 Å². The number of nitrogens with one attached hydrogen (secondary N) is 1. The first-order chi connectivity index (χ1) is 16.9. The van der Waals surface area contributed by atoms with Crippen LogP contribution in [0, 0.1) is 5.92 Å². The Hall–Kier alpha value is -3.35. The Morgan fingerprint density at radius 2 is 1.69 bits per heavy atom. The third kappa shape index (κ3) is 5.34. The highest BCUT2D eigenvalue weighted by Gasteiger charge is 2.36. The first-order valence-electron chi connectivity index (χ1n) is 12.5. The molecule has 2 N–H and O–H groups in total. The van der Waals surface area contributed by atoms with E-state index in [9.17, 15) is 19.5 Å². The van der Waals surface area contributed by atoms with Gasteiger partial charge in [0.25, 0.3) is 0 Å². The molecular formula is C28H34N2O5. The fourth-order valence-electron chi connectivity index (χ4n) is 5.33. The zero-order chi connectivity index (χ0) is 24.9. The molecule has 1 aliphatic heterocycles. The van der Waals surface area contributed by atoms with Gasteiger partial charge in [-0.2, -0.15) is 0 Å². The van der Waals surface area contributed by atoms with E-state index in [1.807, 2.05) is 38.1 Å². The number of nitrogens with zero attached hydrogens (tertiary/aromatic N) is 1. The number of fused-ring (bicyclic) bond motifs is 3. The van der Waals surface area contributed by atoms with Crippen LogP contribution >= 0.6 is 0 Å². The third-order valence-electron chi connectivity index (χ3n) is 7.42. The summed E-state index contributed by atoms with van der Waals surface area (Å²) >= 11 is 0. The first-order valence-corrected chi connectivity index (χ1v) is 12.5. The fourth-order valence-corrected chi connectivity index (χ4v) is 5.33. The number of carbonyl (C=O) groups excluding carboxylic acids is 2. The second-order valence-corrected chi connectivity index (χ2v) is 9.61. The second-order valence-electron chi connectivity index (χ2n) is 9.61. The lowest BCUT2D eigenvalue weighted by molar-refractivity contribution is -0.143. The monoisotopic (exact) mass is 478 g/mol. The molecule has 1 fully saturated rings. The maximum Gasteiger partial charge on any atom is 0.407 e. The molecule has 7 heteroatoms. The molecule has 7 nitrogen and oxygen atoms in total. The maximum absolute atomic E-state index is 13.5. The standard InChI is InChI=1S/C28H34N2O5/c1-3-18(2)26(27(33)30-15-9-8-10-19(30)16-25(31)32)29-28(34)35-17-24-22-13-6-4-11-20(22)21-12-5-7-14-23(21)24/h4-7,11-14,18-19,24,26H,3,8-10,15-17H2,1-2H3,(H,29,34)(H,31,32)/t18?,19-,26?/m1/s1. The van der Waals surface area contributed by atoms with Crippen molar-refractivity contribution < 1.29 is 24.2 Å². The summed E-state index contributed by atoms with van der Waals surface area (Å²) in [4.78, 5) is 39.4. The van der Waals surface area contributed by atoms with Gasteiger partial charge in [-0.05, 0) is 47.4 Å². The summed E-state index contributed by atoms with van der Waals surface area (Å²) in [5.41, 5.74) is 4.56. The highest BCUT2D eigenvalue weighted by Crippen LogP contribution is 2.44. The van der Waals surface area contributed by atoms with Gasteiger partial charge in [-0.3, -0.25) is 9.59 Å². The Morgan fingerprint density at radius 3 is 2.29 bits per heavy atom. The molecular weight excluding hydrogens is 444 g/mol. The zero-order valence-corrected chi connectivity index (χ0v) is 20.4. The number of hydrogen-bond donors (Lipinski definition) is 2. The smallest absolute Gasteiger partial charge is 0.407 e. The van der Waals surface area contributed by atoms with Crippen LogP contribution in [-0.4, -0.2) is 53.2 Å². The van der Waals surface area contributed by atoms with Gasteiger partial charge in [0, 0.05) is 18.5 Å². The van der Waals surface area contributed by atoms with Crippen LogP contribution in [-0.2, 0) is 14.3 Å². The van der Waals surface area contributed by atoms with E-state index in [1.165, 1.54) is 0 Å². The van der Waals surface area contributed by atoms with Gasteiger partial charge in [0.15, 0.2) is 0 Å². The van der Waals surface area contributed by atoms with Gasteiger partial charge < -0.3 is 20.1 Å². The summed E-state index contributed by atoms with van der Waals surface area (Å²) in [5.74, 6) is -1.32. The highest BCUT2D eigenvalue weighted by molar-refractivity contribution is 5.87. The largest absolute Gasteiger partial charge is 0.481 e. The molecule has 2 aliphatic rings. The number of carboxylic acids is 1. The molecule has 0 spiro atoms. The summed E-state index contributed by atoms with van der Waals surface area (Å²) in [6, 6.07) is 15.2. The van der Waals surface area contributed by atoms with Crippen LogP contribution in [0.2, 0.25) is 0 Å². The summed E-state index contributed by atoms with van der Waals surface area (Å²) in [7, 11) is 0. The van der Waals surface area contributed by atoms with Crippen molar-refractivity contribution in [2.24, 2.45) is 5.92 Å². The number of hydrogen-bond acceptors (Lipinski definition) is 4. The van der Waals surface area contributed by atoms with Crippen molar-refractivity contribution >= 4 is 18.0 Å². The summed E-state index contributed by atoms with van der Waals surface area (Å²) in [5, 5.41) is 12.1. The number of carboxylic acid groups (broad SMARTS) is 1. The SMILES string of the molecule is CCC(C)C(NC(=O)OCC1c2ccccc2-c2ccccc21)C(=O)N1CCCC[C@@H]1CC(=O)O. The fraction of sp³-hybridized carbons (Fsp3) is 0.464. The number of ether oxygens (including phenoxy) is 1. The Balaban J connectivity index is 1.45. The number of amides is 2. The molecule has 1 heterocycles. The normalized spacial score (nSPS) is 18.8. The second kappa shape index (κ2) is 10.9. The lowest BCUT2D eigenvalue weighted by Crippen LogP contribution is -2.56. The third-order valence-corrected chi connectivity index (χ3v) is 7.42. The number of aliphatic carboxylic acids is 1. The van der Waals surface area contributed by atoms with Crippen LogP contribution in [0.15, 0.2) is 48.5 Å². The van der Waals surface area contributed by atoms with Crippen LogP contribution in [0.25, 0.3) is 11.1 Å². The average molecular weight is 479 g/mol. The van der Waals surface area contributed by atoms with Gasteiger partial charge in [-0.25, -0.2) is 4.79 Å². The van der Waals surface area contributed by atoms with Crippen LogP contribution in [0.3, 0.4) is 0 Å². The Kier molecular flexibility index (Phi) is 7.73. The lowest BCUT2D eigenvalue weighted by Gasteiger charge is -2.38. The molecule has 0 aromatic heterocycles. The lowest BCUT2D eigenvalue weighted by atomic mass is 9.94. The topological polar surface area (TPSA) is 95.9 Å². The number of piperidine rings is 1. The molecule has 35 heavy (non-hydrogen) atoms. The Morgan fingerprint density at radius 1 is 1.06 bits per heavy atom. The highest BCUT2D eigenvalue weighted by atomic mass is 16.5. The minimum atomic E-state index is -0.917. The molecule has 1 saturated heterocycles. The summed E-state index contributed by atoms with van der Waals surface area (Å²) < 4.78 is 5.68. The number of benzene rings is 2. The molecule has 0 bridgehead atoms. The van der Waals surface area contributed by atoms with Gasteiger partial charge in [-0.15, -0.1) is 0 Å². The molecule has 3 atom stereocenters. The Bertz CT molecular complexity index is 1040. The minimum Gasteiger partial charge on any atom is -0.481 e. The van der Waals surface area contributed by atoms with Crippen molar-refractivity contribution in [3.63, 3.8) is 0 Å². The molecule has 0 saturated carbocycles. The van der Waals surface area contributed by atoms with E-state index in [-0.39, 0.29) is 36.8 Å². The summed E-state index contributed by atoms with van der Waals surface area (Å²) in [6.45, 7) is 4.57. The van der Waals surface area contributed by atoms with Gasteiger partial charge in [0.1, 0.15) is 12.6 Å². The molecule has 2 amide bonds. The predicted octanol–water partition coefficient (Wildman–Crippen LogP) is 4.80. The summed E-state index contributed by atoms with van der Waals surface area (Å²) in [6.07, 6.45) is 2.38. The predicted molar refractivity (Wildman–Crippen MR) is 133 cm³/mol. The van der Waals surface area contributed by atoms with Crippen LogP contribution < -0.4 is 5.32 Å². The molecule has 4 rings (SSSR count). The Labute approximate surface area is 206 Å². The maximum atomic E-state index is 13.5. The number of rotatable bonds is 8. The van der Waals surface area contributed by atoms with Crippen molar-refractivity contribution in [1.29, 1.82) is 0 Å². The zero-order valence-electron chi connectivity index (χ0n) is 20.4. The average Bonchev–Trinajstić information content (AvgIpc) is 3.19. The molecule has 2 aromatic carbocycles. The minimum absolute atomic E-state index is 0.0621. The van der Waals surface area contributed by atoms with E-state index < -0.39 is 18.1 Å².